The summed E-state index contributed by atoms with van der Waals surface area (Å²) in [7, 11) is 0. The van der Waals surface area contributed by atoms with E-state index in [0.29, 0.717) is 5.69 Å². The number of aromatic nitrogens is 1. The molecule has 20 heavy (non-hydrogen) atoms. The minimum atomic E-state index is -0.183. The summed E-state index contributed by atoms with van der Waals surface area (Å²) in [6.45, 7) is 5.92. The predicted molar refractivity (Wildman–Crippen MR) is 83.2 cm³/mol. The summed E-state index contributed by atoms with van der Waals surface area (Å²) in [6.07, 6.45) is 0.874. The number of amides is 1. The summed E-state index contributed by atoms with van der Waals surface area (Å²) in [4.78, 5) is 16.5. The fourth-order valence-corrected chi connectivity index (χ4v) is 2.74. The molecule has 0 fully saturated rings. The van der Waals surface area contributed by atoms with Gasteiger partial charge in [-0.1, -0.05) is 25.1 Å². The molecule has 0 saturated carbocycles. The molecule has 1 amide bonds. The van der Waals surface area contributed by atoms with Crippen molar-refractivity contribution in [1.82, 2.24) is 4.98 Å². The number of hydrogen-bond donors (Lipinski definition) is 2. The van der Waals surface area contributed by atoms with Gasteiger partial charge in [0.25, 0.3) is 5.91 Å². The van der Waals surface area contributed by atoms with Crippen LogP contribution in [0.1, 0.15) is 46.5 Å². The second-order valence-corrected chi connectivity index (χ2v) is 5.67. The van der Waals surface area contributed by atoms with Crippen molar-refractivity contribution in [1.29, 1.82) is 0 Å². The van der Waals surface area contributed by atoms with Crippen LogP contribution in [0.15, 0.2) is 23.6 Å². The average Bonchev–Trinajstić information content (AvgIpc) is 2.91. The van der Waals surface area contributed by atoms with Crippen molar-refractivity contribution in [2.24, 2.45) is 5.73 Å². The van der Waals surface area contributed by atoms with Crippen LogP contribution in [0.3, 0.4) is 0 Å². The van der Waals surface area contributed by atoms with Crippen LogP contribution in [0.2, 0.25) is 0 Å². The van der Waals surface area contributed by atoms with E-state index in [4.69, 9.17) is 5.73 Å². The van der Waals surface area contributed by atoms with Gasteiger partial charge in [0.2, 0.25) is 0 Å². The molecule has 1 heterocycles. The van der Waals surface area contributed by atoms with Gasteiger partial charge in [0.1, 0.15) is 10.7 Å². The molecular formula is C15H19N3OS. The first-order valence-corrected chi connectivity index (χ1v) is 7.51. The van der Waals surface area contributed by atoms with Crippen molar-refractivity contribution >= 4 is 22.9 Å². The molecule has 1 aromatic heterocycles. The van der Waals surface area contributed by atoms with Gasteiger partial charge in [0.15, 0.2) is 0 Å². The Labute approximate surface area is 123 Å². The van der Waals surface area contributed by atoms with Gasteiger partial charge in [-0.15, -0.1) is 11.3 Å². The summed E-state index contributed by atoms with van der Waals surface area (Å²) >= 11 is 1.41. The number of hydrogen-bond acceptors (Lipinski definition) is 4. The van der Waals surface area contributed by atoms with Crippen LogP contribution in [-0.2, 0) is 6.42 Å². The van der Waals surface area contributed by atoms with Crippen molar-refractivity contribution in [2.75, 3.05) is 5.32 Å². The standard InChI is InChI=1S/C15H19N3OS/c1-4-11-7-5-6-9(2)13(11)18-14(19)12-8-20-15(17-12)10(3)16/h5-8,10H,4,16H2,1-3H3,(H,18,19). The molecule has 0 bridgehead atoms. The molecule has 0 aliphatic heterocycles. The molecule has 0 aliphatic carbocycles. The first-order chi connectivity index (χ1) is 9.52. The number of benzene rings is 1. The van der Waals surface area contributed by atoms with Crippen molar-refractivity contribution in [3.8, 4) is 0 Å². The number of nitrogens with zero attached hydrogens (tertiary/aromatic N) is 1. The summed E-state index contributed by atoms with van der Waals surface area (Å²) < 4.78 is 0. The zero-order valence-electron chi connectivity index (χ0n) is 11.9. The Hall–Kier alpha value is -1.72. The first kappa shape index (κ1) is 14.7. The second-order valence-electron chi connectivity index (χ2n) is 4.78. The van der Waals surface area contributed by atoms with Gasteiger partial charge >= 0.3 is 0 Å². The van der Waals surface area contributed by atoms with E-state index in [1.807, 2.05) is 32.0 Å². The molecule has 106 valence electrons. The highest BCUT2D eigenvalue weighted by molar-refractivity contribution is 7.09. The maximum atomic E-state index is 12.3. The highest BCUT2D eigenvalue weighted by atomic mass is 32.1. The number of carbonyl (C=O) groups excluding carboxylic acids is 1. The maximum Gasteiger partial charge on any atom is 0.275 e. The molecule has 0 saturated heterocycles. The Morgan fingerprint density at radius 3 is 2.85 bits per heavy atom. The molecule has 1 aromatic carbocycles. The molecule has 2 rings (SSSR count). The fourth-order valence-electron chi connectivity index (χ4n) is 1.98. The second kappa shape index (κ2) is 6.15. The van der Waals surface area contributed by atoms with Gasteiger partial charge in [0.05, 0.1) is 6.04 Å². The third kappa shape index (κ3) is 3.05. The van der Waals surface area contributed by atoms with E-state index >= 15 is 0 Å². The SMILES string of the molecule is CCc1cccc(C)c1NC(=O)c1csc(C(C)N)n1. The Balaban J connectivity index is 2.23. The van der Waals surface area contributed by atoms with Gasteiger partial charge in [-0.2, -0.15) is 0 Å². The monoisotopic (exact) mass is 289 g/mol. The Morgan fingerprint density at radius 2 is 2.25 bits per heavy atom. The molecule has 2 aromatic rings. The molecule has 3 N–H and O–H groups in total. The molecular weight excluding hydrogens is 270 g/mol. The lowest BCUT2D eigenvalue weighted by Gasteiger charge is -2.12. The summed E-state index contributed by atoms with van der Waals surface area (Å²) in [5, 5.41) is 5.48. The molecule has 5 heteroatoms. The lowest BCUT2D eigenvalue weighted by Crippen LogP contribution is -2.15. The highest BCUT2D eigenvalue weighted by Crippen LogP contribution is 2.23. The minimum absolute atomic E-state index is 0.147. The summed E-state index contributed by atoms with van der Waals surface area (Å²) in [5.74, 6) is -0.183. The van der Waals surface area contributed by atoms with E-state index in [-0.39, 0.29) is 11.9 Å². The topological polar surface area (TPSA) is 68.0 Å². The normalized spacial score (nSPS) is 12.2. The lowest BCUT2D eigenvalue weighted by molar-refractivity contribution is 0.102. The predicted octanol–water partition coefficient (Wildman–Crippen LogP) is 3.29. The number of rotatable bonds is 4. The number of aryl methyl sites for hydroxylation is 2. The number of carbonyl (C=O) groups is 1. The van der Waals surface area contributed by atoms with Crippen LogP contribution in [0.4, 0.5) is 5.69 Å². The van der Waals surface area contributed by atoms with Crippen LogP contribution in [0, 0.1) is 6.92 Å². The molecule has 1 unspecified atom stereocenters. The van der Waals surface area contributed by atoms with Crippen LogP contribution < -0.4 is 11.1 Å². The molecule has 4 nitrogen and oxygen atoms in total. The third-order valence-electron chi connectivity index (χ3n) is 3.12. The van der Waals surface area contributed by atoms with Crippen molar-refractivity contribution < 1.29 is 4.79 Å². The molecule has 1 atom stereocenters. The van der Waals surface area contributed by atoms with Crippen LogP contribution in [0.25, 0.3) is 0 Å². The number of para-hydroxylation sites is 1. The van der Waals surface area contributed by atoms with E-state index in [1.54, 1.807) is 5.38 Å². The van der Waals surface area contributed by atoms with Crippen molar-refractivity contribution in [3.05, 3.63) is 45.4 Å². The van der Waals surface area contributed by atoms with Gasteiger partial charge in [-0.3, -0.25) is 4.79 Å². The Kier molecular flexibility index (Phi) is 4.52. The van der Waals surface area contributed by atoms with E-state index in [9.17, 15) is 4.79 Å². The first-order valence-electron chi connectivity index (χ1n) is 6.63. The Bertz CT molecular complexity index is 619. The number of nitrogens with one attached hydrogen (secondary N) is 1. The number of thiazole rings is 1. The highest BCUT2D eigenvalue weighted by Gasteiger charge is 2.15. The van der Waals surface area contributed by atoms with E-state index in [0.717, 1.165) is 28.2 Å². The Morgan fingerprint density at radius 1 is 1.50 bits per heavy atom. The van der Waals surface area contributed by atoms with E-state index < -0.39 is 0 Å². The van der Waals surface area contributed by atoms with Gasteiger partial charge in [-0.05, 0) is 31.4 Å². The fraction of sp³-hybridized carbons (Fsp3) is 0.333. The van der Waals surface area contributed by atoms with Crippen molar-refractivity contribution in [2.45, 2.75) is 33.2 Å². The van der Waals surface area contributed by atoms with Gasteiger partial charge in [-0.25, -0.2) is 4.98 Å². The maximum absolute atomic E-state index is 12.3. The largest absolute Gasteiger partial charge is 0.322 e. The lowest BCUT2D eigenvalue weighted by atomic mass is 10.1. The van der Waals surface area contributed by atoms with Gasteiger partial charge in [0, 0.05) is 11.1 Å². The molecule has 0 aliphatic rings. The average molecular weight is 289 g/mol. The van der Waals surface area contributed by atoms with Gasteiger partial charge < -0.3 is 11.1 Å². The minimum Gasteiger partial charge on any atom is -0.322 e. The summed E-state index contributed by atoms with van der Waals surface area (Å²) in [5.41, 5.74) is 9.26. The zero-order chi connectivity index (χ0) is 14.7. The van der Waals surface area contributed by atoms with E-state index in [1.165, 1.54) is 11.3 Å². The van der Waals surface area contributed by atoms with E-state index in [2.05, 4.69) is 17.2 Å². The van der Waals surface area contributed by atoms with Crippen LogP contribution >= 0.6 is 11.3 Å². The molecule has 0 radical (unpaired) electrons. The number of nitrogens with two attached hydrogens (primary N) is 1. The zero-order valence-corrected chi connectivity index (χ0v) is 12.8. The van der Waals surface area contributed by atoms with Crippen LogP contribution in [0.5, 0.6) is 0 Å². The molecule has 0 spiro atoms. The third-order valence-corrected chi connectivity index (χ3v) is 4.17. The number of anilines is 1. The summed E-state index contributed by atoms with van der Waals surface area (Å²) in [6, 6.07) is 5.87. The smallest absolute Gasteiger partial charge is 0.275 e. The van der Waals surface area contributed by atoms with Crippen LogP contribution in [-0.4, -0.2) is 10.9 Å². The quantitative estimate of drug-likeness (QED) is 0.907. The van der Waals surface area contributed by atoms with Crippen molar-refractivity contribution in [3.63, 3.8) is 0 Å².